The van der Waals surface area contributed by atoms with E-state index in [4.69, 9.17) is 9.47 Å². The smallest absolute Gasteiger partial charge is 0.248 e. The number of ether oxygens (including phenoxy) is 2. The van der Waals surface area contributed by atoms with Gasteiger partial charge in [0, 0.05) is 32.2 Å². The molecule has 1 amide bonds. The Kier molecular flexibility index (Phi) is 6.22. The fourth-order valence-corrected chi connectivity index (χ4v) is 2.57. The molecule has 3 N–H and O–H groups in total. The van der Waals surface area contributed by atoms with Crippen LogP contribution >= 0.6 is 0 Å². The van der Waals surface area contributed by atoms with Crippen LogP contribution in [0.1, 0.15) is 26.2 Å². The van der Waals surface area contributed by atoms with Gasteiger partial charge in [-0.05, 0) is 26.2 Å². The summed E-state index contributed by atoms with van der Waals surface area (Å²) in [6.07, 6.45) is 2.56. The van der Waals surface area contributed by atoms with Crippen molar-refractivity contribution >= 4 is 5.91 Å². The van der Waals surface area contributed by atoms with Gasteiger partial charge in [-0.3, -0.25) is 4.79 Å². The van der Waals surface area contributed by atoms with Gasteiger partial charge in [0.2, 0.25) is 5.91 Å². The van der Waals surface area contributed by atoms with Gasteiger partial charge < -0.3 is 25.2 Å². The van der Waals surface area contributed by atoms with Gasteiger partial charge in [-0.25, -0.2) is 0 Å². The Morgan fingerprint density at radius 2 is 2.35 bits per heavy atom. The summed E-state index contributed by atoms with van der Waals surface area (Å²) >= 11 is 0. The van der Waals surface area contributed by atoms with Gasteiger partial charge in [0.1, 0.15) is 6.10 Å². The molecular weight excluding hydrogens is 260 g/mol. The number of amides is 1. The summed E-state index contributed by atoms with van der Waals surface area (Å²) in [6.45, 7) is 4.85. The summed E-state index contributed by atoms with van der Waals surface area (Å²) < 4.78 is 11.1. The van der Waals surface area contributed by atoms with Gasteiger partial charge in [-0.15, -0.1) is 0 Å². The number of aliphatic hydroxyl groups excluding tert-OH is 1. The average Bonchev–Trinajstić information content (AvgIpc) is 2.88. The molecule has 6 heteroatoms. The van der Waals surface area contributed by atoms with Crippen LogP contribution < -0.4 is 10.6 Å². The van der Waals surface area contributed by atoms with Crippen molar-refractivity contribution in [1.29, 1.82) is 0 Å². The summed E-state index contributed by atoms with van der Waals surface area (Å²) in [6, 6.07) is 0. The van der Waals surface area contributed by atoms with E-state index < -0.39 is 6.10 Å². The lowest BCUT2D eigenvalue weighted by Gasteiger charge is -2.24. The summed E-state index contributed by atoms with van der Waals surface area (Å²) in [4.78, 5) is 11.9. The van der Waals surface area contributed by atoms with Crippen LogP contribution in [0.2, 0.25) is 0 Å². The van der Waals surface area contributed by atoms with Gasteiger partial charge in [0.05, 0.1) is 18.8 Å². The molecule has 116 valence electrons. The van der Waals surface area contributed by atoms with Crippen LogP contribution in [0.15, 0.2) is 0 Å². The van der Waals surface area contributed by atoms with Crippen molar-refractivity contribution in [1.82, 2.24) is 10.6 Å². The van der Waals surface area contributed by atoms with Crippen molar-refractivity contribution in [3.63, 3.8) is 0 Å². The number of carbonyl (C=O) groups excluding carboxylic acids is 1. The third-order valence-electron chi connectivity index (χ3n) is 4.02. The van der Waals surface area contributed by atoms with Crippen molar-refractivity contribution < 1.29 is 19.4 Å². The lowest BCUT2D eigenvalue weighted by Crippen LogP contribution is -2.41. The lowest BCUT2D eigenvalue weighted by molar-refractivity contribution is -0.135. The Hall–Kier alpha value is -0.690. The van der Waals surface area contributed by atoms with E-state index >= 15 is 0 Å². The molecule has 0 bridgehead atoms. The van der Waals surface area contributed by atoms with Gasteiger partial charge in [0.25, 0.3) is 0 Å². The first-order valence-corrected chi connectivity index (χ1v) is 7.56. The van der Waals surface area contributed by atoms with Crippen LogP contribution in [-0.2, 0) is 14.3 Å². The molecule has 2 aliphatic rings. The van der Waals surface area contributed by atoms with E-state index in [0.29, 0.717) is 19.7 Å². The average molecular weight is 286 g/mol. The Bertz CT molecular complexity index is 308. The summed E-state index contributed by atoms with van der Waals surface area (Å²) in [5.74, 6) is -0.0345. The minimum absolute atomic E-state index is 0.0906. The van der Waals surface area contributed by atoms with E-state index in [0.717, 1.165) is 26.0 Å². The van der Waals surface area contributed by atoms with Crippen molar-refractivity contribution in [2.75, 3.05) is 32.8 Å². The maximum absolute atomic E-state index is 11.9. The fraction of sp³-hybridized carbons (Fsp3) is 0.929. The lowest BCUT2D eigenvalue weighted by atomic mass is 10.1. The van der Waals surface area contributed by atoms with E-state index in [9.17, 15) is 9.90 Å². The van der Waals surface area contributed by atoms with Crippen molar-refractivity contribution in [3.05, 3.63) is 0 Å². The van der Waals surface area contributed by atoms with Gasteiger partial charge >= 0.3 is 0 Å². The molecule has 0 saturated carbocycles. The molecule has 6 nitrogen and oxygen atoms in total. The second-order valence-corrected chi connectivity index (χ2v) is 5.69. The maximum Gasteiger partial charge on any atom is 0.248 e. The SMILES string of the molecule is CC(OCC1CCCCO1)C(=O)NCC1CNCC1O. The molecule has 2 saturated heterocycles. The molecule has 20 heavy (non-hydrogen) atoms. The summed E-state index contributed by atoms with van der Waals surface area (Å²) in [7, 11) is 0. The second kappa shape index (κ2) is 7.93. The molecule has 2 aliphatic heterocycles. The Labute approximate surface area is 120 Å². The third-order valence-corrected chi connectivity index (χ3v) is 4.02. The Morgan fingerprint density at radius 1 is 1.50 bits per heavy atom. The van der Waals surface area contributed by atoms with Crippen molar-refractivity contribution in [2.45, 2.75) is 44.5 Å². The first kappa shape index (κ1) is 15.7. The highest BCUT2D eigenvalue weighted by atomic mass is 16.5. The van der Waals surface area contributed by atoms with Crippen LogP contribution in [-0.4, -0.2) is 62.2 Å². The van der Waals surface area contributed by atoms with Crippen LogP contribution in [0.3, 0.4) is 0 Å². The molecule has 0 radical (unpaired) electrons. The van der Waals surface area contributed by atoms with E-state index in [1.165, 1.54) is 6.42 Å². The number of rotatable bonds is 6. The standard InChI is InChI=1S/C14H26N2O4/c1-10(20-9-12-4-2-3-5-19-12)14(18)16-7-11-6-15-8-13(11)17/h10-13,15,17H,2-9H2,1H3,(H,16,18). The number of nitrogens with one attached hydrogen (secondary N) is 2. The van der Waals surface area contributed by atoms with Crippen LogP contribution in [0, 0.1) is 5.92 Å². The Balaban J connectivity index is 1.61. The monoisotopic (exact) mass is 286 g/mol. The number of β-amino-alcohol motifs (C(OH)–C–C–N with tert-alkyl or cyclic N) is 1. The molecule has 4 unspecified atom stereocenters. The molecule has 4 atom stereocenters. The molecule has 0 aliphatic carbocycles. The molecule has 0 aromatic carbocycles. The number of hydrogen-bond donors (Lipinski definition) is 3. The predicted octanol–water partition coefficient (Wildman–Crippen LogP) is -0.343. The van der Waals surface area contributed by atoms with Gasteiger partial charge in [0.15, 0.2) is 0 Å². The number of hydrogen-bond acceptors (Lipinski definition) is 5. The summed E-state index contributed by atoms with van der Waals surface area (Å²) in [5.41, 5.74) is 0. The highest BCUT2D eigenvalue weighted by Gasteiger charge is 2.26. The second-order valence-electron chi connectivity index (χ2n) is 5.69. The summed E-state index contributed by atoms with van der Waals surface area (Å²) in [5, 5.41) is 15.6. The molecular formula is C14H26N2O4. The van der Waals surface area contributed by atoms with Crippen LogP contribution in [0.25, 0.3) is 0 Å². The zero-order valence-electron chi connectivity index (χ0n) is 12.1. The molecule has 0 spiro atoms. The predicted molar refractivity (Wildman–Crippen MR) is 74.4 cm³/mol. The van der Waals surface area contributed by atoms with E-state index in [1.54, 1.807) is 6.92 Å². The first-order valence-electron chi connectivity index (χ1n) is 7.56. The van der Waals surface area contributed by atoms with Crippen molar-refractivity contribution in [3.8, 4) is 0 Å². The molecule has 0 aromatic rings. The van der Waals surface area contributed by atoms with Gasteiger partial charge in [-0.1, -0.05) is 0 Å². The number of carbonyl (C=O) groups is 1. The topological polar surface area (TPSA) is 79.8 Å². The van der Waals surface area contributed by atoms with E-state index in [-0.39, 0.29) is 24.0 Å². The molecule has 0 aromatic heterocycles. The highest BCUT2D eigenvalue weighted by Crippen LogP contribution is 2.13. The number of aliphatic hydroxyl groups is 1. The van der Waals surface area contributed by atoms with Crippen molar-refractivity contribution in [2.24, 2.45) is 5.92 Å². The quantitative estimate of drug-likeness (QED) is 0.622. The first-order chi connectivity index (χ1) is 9.66. The third kappa shape index (κ3) is 4.70. The van der Waals surface area contributed by atoms with E-state index in [2.05, 4.69) is 10.6 Å². The minimum Gasteiger partial charge on any atom is -0.391 e. The van der Waals surface area contributed by atoms with E-state index in [1.807, 2.05) is 0 Å². The normalized spacial score (nSPS) is 32.0. The molecule has 2 rings (SSSR count). The zero-order valence-corrected chi connectivity index (χ0v) is 12.1. The van der Waals surface area contributed by atoms with Gasteiger partial charge in [-0.2, -0.15) is 0 Å². The fourth-order valence-electron chi connectivity index (χ4n) is 2.57. The molecule has 2 heterocycles. The van der Waals surface area contributed by atoms with Crippen LogP contribution in [0.5, 0.6) is 0 Å². The maximum atomic E-state index is 11.9. The van der Waals surface area contributed by atoms with Crippen LogP contribution in [0.4, 0.5) is 0 Å². The zero-order chi connectivity index (χ0) is 14.4. The largest absolute Gasteiger partial charge is 0.391 e. The highest BCUT2D eigenvalue weighted by molar-refractivity contribution is 5.80. The minimum atomic E-state index is -0.480. The molecule has 2 fully saturated rings. The Morgan fingerprint density at radius 3 is 3.00 bits per heavy atom.